The molecular formula is C26H30N4O. The number of hydrogen-bond acceptors (Lipinski definition) is 4. The highest BCUT2D eigenvalue weighted by Crippen LogP contribution is 2.36. The molecule has 0 spiro atoms. The lowest BCUT2D eigenvalue weighted by Gasteiger charge is -2.34. The molecule has 0 saturated carbocycles. The number of piperidine rings is 1. The van der Waals surface area contributed by atoms with Gasteiger partial charge in [0, 0.05) is 42.8 Å². The van der Waals surface area contributed by atoms with Crippen LogP contribution in [0.4, 0.5) is 11.4 Å². The summed E-state index contributed by atoms with van der Waals surface area (Å²) in [4.78, 5) is 20.2. The molecule has 1 aliphatic heterocycles. The number of aromatic nitrogens is 1. The average molecular weight is 415 g/mol. The monoisotopic (exact) mass is 414 g/mol. The van der Waals surface area contributed by atoms with Crippen LogP contribution in [0.1, 0.15) is 39.9 Å². The topological polar surface area (TPSA) is 71.2 Å². The van der Waals surface area contributed by atoms with Gasteiger partial charge in [0.1, 0.15) is 0 Å². The second-order valence-electron chi connectivity index (χ2n) is 8.55. The second kappa shape index (κ2) is 8.90. The lowest BCUT2D eigenvalue weighted by atomic mass is 9.96. The summed E-state index contributed by atoms with van der Waals surface area (Å²) in [5, 5.41) is 3.09. The third-order valence-electron chi connectivity index (χ3n) is 5.93. The lowest BCUT2D eigenvalue weighted by molar-refractivity contribution is 0.102. The highest BCUT2D eigenvalue weighted by molar-refractivity contribution is 6.10. The summed E-state index contributed by atoms with van der Waals surface area (Å²) in [5.41, 5.74) is 14.0. The van der Waals surface area contributed by atoms with Gasteiger partial charge in [0.15, 0.2) is 0 Å². The van der Waals surface area contributed by atoms with E-state index in [1.807, 2.05) is 44.3 Å². The van der Waals surface area contributed by atoms with E-state index in [4.69, 9.17) is 5.73 Å². The van der Waals surface area contributed by atoms with Gasteiger partial charge in [0.25, 0.3) is 5.91 Å². The van der Waals surface area contributed by atoms with E-state index in [1.165, 1.54) is 0 Å². The smallest absolute Gasteiger partial charge is 0.259 e. The average Bonchev–Trinajstić information content (AvgIpc) is 2.73. The van der Waals surface area contributed by atoms with Crippen LogP contribution in [0.15, 0.2) is 54.9 Å². The van der Waals surface area contributed by atoms with Crippen molar-refractivity contribution >= 4 is 17.3 Å². The minimum Gasteiger partial charge on any atom is -0.370 e. The Kier molecular flexibility index (Phi) is 6.05. The molecule has 1 aliphatic rings. The van der Waals surface area contributed by atoms with Crippen LogP contribution in [0.2, 0.25) is 0 Å². The Labute approximate surface area is 184 Å². The van der Waals surface area contributed by atoms with Crippen molar-refractivity contribution < 1.29 is 4.79 Å². The SMILES string of the molecule is Cc1cc(C)cc(NC(=O)c2cncc(-c3ccccc3C)c2N2CCC(N)CC2)c1. The van der Waals surface area contributed by atoms with Crippen molar-refractivity contribution in [2.24, 2.45) is 5.73 Å². The summed E-state index contributed by atoms with van der Waals surface area (Å²) >= 11 is 0. The number of aryl methyl sites for hydroxylation is 3. The number of pyridine rings is 1. The van der Waals surface area contributed by atoms with E-state index in [0.29, 0.717) is 5.56 Å². The third-order valence-corrected chi connectivity index (χ3v) is 5.93. The molecule has 1 fully saturated rings. The van der Waals surface area contributed by atoms with Gasteiger partial charge in [-0.15, -0.1) is 0 Å². The van der Waals surface area contributed by atoms with Crippen molar-refractivity contribution in [2.75, 3.05) is 23.3 Å². The molecule has 2 heterocycles. The van der Waals surface area contributed by atoms with Gasteiger partial charge >= 0.3 is 0 Å². The number of anilines is 2. The number of nitrogens with two attached hydrogens (primary N) is 1. The Morgan fingerprint density at radius 3 is 2.35 bits per heavy atom. The summed E-state index contributed by atoms with van der Waals surface area (Å²) < 4.78 is 0. The van der Waals surface area contributed by atoms with Crippen LogP contribution < -0.4 is 16.0 Å². The third kappa shape index (κ3) is 4.62. The molecule has 1 amide bonds. The maximum atomic E-state index is 13.4. The number of amides is 1. The van der Waals surface area contributed by atoms with Crippen molar-refractivity contribution in [1.82, 2.24) is 4.98 Å². The fraction of sp³-hybridized carbons (Fsp3) is 0.308. The molecule has 0 atom stereocenters. The van der Waals surface area contributed by atoms with Crippen LogP contribution in [-0.2, 0) is 0 Å². The van der Waals surface area contributed by atoms with E-state index in [-0.39, 0.29) is 11.9 Å². The fourth-order valence-corrected chi connectivity index (χ4v) is 4.40. The van der Waals surface area contributed by atoms with Crippen molar-refractivity contribution in [3.05, 3.63) is 77.1 Å². The molecule has 1 saturated heterocycles. The maximum absolute atomic E-state index is 13.4. The molecule has 5 heteroatoms. The van der Waals surface area contributed by atoms with Gasteiger partial charge in [-0.2, -0.15) is 0 Å². The van der Waals surface area contributed by atoms with Gasteiger partial charge in [-0.05, 0) is 68.0 Å². The molecule has 5 nitrogen and oxygen atoms in total. The van der Waals surface area contributed by atoms with Crippen LogP contribution in [0.5, 0.6) is 0 Å². The highest BCUT2D eigenvalue weighted by atomic mass is 16.1. The zero-order valence-corrected chi connectivity index (χ0v) is 18.5. The first-order valence-electron chi connectivity index (χ1n) is 10.9. The van der Waals surface area contributed by atoms with Gasteiger partial charge in [-0.3, -0.25) is 9.78 Å². The summed E-state index contributed by atoms with van der Waals surface area (Å²) in [6.45, 7) is 7.81. The number of carbonyl (C=O) groups excluding carboxylic acids is 1. The Morgan fingerprint density at radius 2 is 1.68 bits per heavy atom. The van der Waals surface area contributed by atoms with Gasteiger partial charge in [-0.1, -0.05) is 30.3 Å². The van der Waals surface area contributed by atoms with Crippen LogP contribution in [0.3, 0.4) is 0 Å². The van der Waals surface area contributed by atoms with Gasteiger partial charge in [-0.25, -0.2) is 0 Å². The summed E-state index contributed by atoms with van der Waals surface area (Å²) in [7, 11) is 0. The molecule has 0 radical (unpaired) electrons. The first kappa shape index (κ1) is 21.1. The van der Waals surface area contributed by atoms with E-state index in [2.05, 4.69) is 40.3 Å². The zero-order valence-electron chi connectivity index (χ0n) is 18.5. The minimum atomic E-state index is -0.141. The predicted octanol–water partition coefficient (Wildman–Crippen LogP) is 4.85. The molecule has 0 unspecified atom stereocenters. The van der Waals surface area contributed by atoms with Crippen LogP contribution >= 0.6 is 0 Å². The maximum Gasteiger partial charge on any atom is 0.259 e. The van der Waals surface area contributed by atoms with Crippen molar-refractivity contribution in [2.45, 2.75) is 39.7 Å². The second-order valence-corrected chi connectivity index (χ2v) is 8.55. The minimum absolute atomic E-state index is 0.141. The lowest BCUT2D eigenvalue weighted by Crippen LogP contribution is -2.40. The molecule has 160 valence electrons. The first-order chi connectivity index (χ1) is 14.9. The van der Waals surface area contributed by atoms with Crippen molar-refractivity contribution in [1.29, 1.82) is 0 Å². The van der Waals surface area contributed by atoms with Crippen molar-refractivity contribution in [3.63, 3.8) is 0 Å². The Hall–Kier alpha value is -3.18. The van der Waals surface area contributed by atoms with Gasteiger partial charge < -0.3 is 16.0 Å². The number of nitrogens with zero attached hydrogens (tertiary/aromatic N) is 2. The predicted molar refractivity (Wildman–Crippen MR) is 128 cm³/mol. The molecule has 1 aromatic heterocycles. The summed E-state index contributed by atoms with van der Waals surface area (Å²) in [6, 6.07) is 14.5. The fourth-order valence-electron chi connectivity index (χ4n) is 4.40. The van der Waals surface area contributed by atoms with Crippen molar-refractivity contribution in [3.8, 4) is 11.1 Å². The molecule has 0 bridgehead atoms. The quantitative estimate of drug-likeness (QED) is 0.640. The zero-order chi connectivity index (χ0) is 22.0. The Bertz CT molecular complexity index is 1080. The van der Waals surface area contributed by atoms with Gasteiger partial charge in [0.05, 0.1) is 11.3 Å². The highest BCUT2D eigenvalue weighted by Gasteiger charge is 2.25. The summed E-state index contributed by atoms with van der Waals surface area (Å²) in [6.07, 6.45) is 5.38. The molecule has 4 rings (SSSR count). The normalized spacial score (nSPS) is 14.5. The van der Waals surface area contributed by atoms with Crippen LogP contribution in [0, 0.1) is 20.8 Å². The van der Waals surface area contributed by atoms with E-state index < -0.39 is 0 Å². The Balaban J connectivity index is 1.79. The summed E-state index contributed by atoms with van der Waals surface area (Å²) in [5.74, 6) is -0.141. The molecular weight excluding hydrogens is 384 g/mol. The van der Waals surface area contributed by atoms with E-state index >= 15 is 0 Å². The number of rotatable bonds is 4. The van der Waals surface area contributed by atoms with Gasteiger partial charge in [0.2, 0.25) is 0 Å². The molecule has 3 aromatic rings. The standard InChI is InChI=1S/C26H30N4O/c1-17-12-18(2)14-21(13-17)29-26(31)24-16-28-15-23(22-7-5-4-6-19(22)3)25(24)30-10-8-20(27)9-11-30/h4-7,12-16,20H,8-11,27H2,1-3H3,(H,29,31). The van der Waals surface area contributed by atoms with Crippen LogP contribution in [0.25, 0.3) is 11.1 Å². The van der Waals surface area contributed by atoms with Crippen LogP contribution in [-0.4, -0.2) is 30.0 Å². The van der Waals surface area contributed by atoms with E-state index in [9.17, 15) is 4.79 Å². The number of benzene rings is 2. The molecule has 31 heavy (non-hydrogen) atoms. The van der Waals surface area contributed by atoms with E-state index in [0.717, 1.165) is 65.1 Å². The first-order valence-corrected chi connectivity index (χ1v) is 10.9. The number of carbonyl (C=O) groups is 1. The van der Waals surface area contributed by atoms with E-state index in [1.54, 1.807) is 6.20 Å². The largest absolute Gasteiger partial charge is 0.370 e. The Morgan fingerprint density at radius 1 is 1.00 bits per heavy atom. The molecule has 0 aliphatic carbocycles. The number of hydrogen-bond donors (Lipinski definition) is 2. The number of nitrogens with one attached hydrogen (secondary N) is 1. The molecule has 3 N–H and O–H groups in total. The molecule has 2 aromatic carbocycles.